The summed E-state index contributed by atoms with van der Waals surface area (Å²) in [4.78, 5) is 11.4. The second-order valence-corrected chi connectivity index (χ2v) is 4.38. The zero-order chi connectivity index (χ0) is 14.3. The third kappa shape index (κ3) is 4.62. The van der Waals surface area contributed by atoms with Crippen LogP contribution in [0.1, 0.15) is 19.4 Å². The lowest BCUT2D eigenvalue weighted by Gasteiger charge is -2.06. The van der Waals surface area contributed by atoms with E-state index in [0.717, 1.165) is 17.1 Å². The Morgan fingerprint density at radius 2 is 1.89 bits per heavy atom. The van der Waals surface area contributed by atoms with E-state index >= 15 is 0 Å². The van der Waals surface area contributed by atoms with E-state index in [1.165, 1.54) is 0 Å². The molecule has 19 heavy (non-hydrogen) atoms. The van der Waals surface area contributed by atoms with Gasteiger partial charge in [-0.05, 0) is 24.3 Å². The monoisotopic (exact) mass is 260 g/mol. The van der Waals surface area contributed by atoms with Gasteiger partial charge in [-0.25, -0.2) is 0 Å². The molecule has 0 spiro atoms. The van der Waals surface area contributed by atoms with Crippen LogP contribution in [0.25, 0.3) is 6.08 Å². The summed E-state index contributed by atoms with van der Waals surface area (Å²) in [6, 6.07) is 5.57. The van der Waals surface area contributed by atoms with Crippen molar-refractivity contribution in [3.63, 3.8) is 0 Å². The molecule has 3 nitrogen and oxygen atoms in total. The number of allylic oxidation sites excluding steroid dienone is 3. The fraction of sp³-hybridized carbons (Fsp3) is 0.312. The maximum Gasteiger partial charge on any atom is 0.158 e. The molecule has 0 radical (unpaired) electrons. The first kappa shape index (κ1) is 15.0. The molecule has 0 unspecified atom stereocenters. The summed E-state index contributed by atoms with van der Waals surface area (Å²) in [7, 11) is 3.24. The van der Waals surface area contributed by atoms with Crippen LogP contribution in [0, 0.1) is 5.92 Å². The molecule has 0 aromatic heterocycles. The van der Waals surface area contributed by atoms with Gasteiger partial charge in [0.05, 0.1) is 14.2 Å². The van der Waals surface area contributed by atoms with Crippen molar-refractivity contribution in [2.24, 2.45) is 5.92 Å². The number of hydrogen-bond acceptors (Lipinski definition) is 3. The Morgan fingerprint density at radius 3 is 2.47 bits per heavy atom. The lowest BCUT2D eigenvalue weighted by Crippen LogP contribution is -2.01. The molecule has 0 saturated heterocycles. The van der Waals surface area contributed by atoms with Crippen molar-refractivity contribution in [2.45, 2.75) is 13.8 Å². The number of rotatable bonds is 6. The van der Waals surface area contributed by atoms with Gasteiger partial charge in [0, 0.05) is 11.5 Å². The van der Waals surface area contributed by atoms with Gasteiger partial charge in [-0.1, -0.05) is 32.1 Å². The third-order valence-electron chi connectivity index (χ3n) is 2.65. The van der Waals surface area contributed by atoms with E-state index in [1.54, 1.807) is 26.4 Å². The summed E-state index contributed by atoms with van der Waals surface area (Å²) < 4.78 is 10.4. The highest BCUT2D eigenvalue weighted by atomic mass is 16.5. The standard InChI is InChI=1S/C16H20O3/c1-12(2)15(17)8-6-5-7-13-11-14(18-3)9-10-16(13)19-4/h5-12H,1-4H3/b7-5+,8-6+. The Labute approximate surface area is 114 Å². The van der Waals surface area contributed by atoms with Gasteiger partial charge in [0.2, 0.25) is 0 Å². The molecule has 1 aromatic carbocycles. The van der Waals surface area contributed by atoms with Gasteiger partial charge >= 0.3 is 0 Å². The minimum Gasteiger partial charge on any atom is -0.497 e. The summed E-state index contributed by atoms with van der Waals surface area (Å²) >= 11 is 0. The van der Waals surface area contributed by atoms with Crippen molar-refractivity contribution >= 4 is 11.9 Å². The summed E-state index contributed by atoms with van der Waals surface area (Å²) in [5.41, 5.74) is 0.906. The van der Waals surface area contributed by atoms with Crippen molar-refractivity contribution in [2.75, 3.05) is 14.2 Å². The molecule has 0 N–H and O–H groups in total. The zero-order valence-electron chi connectivity index (χ0n) is 11.8. The number of carbonyl (C=O) groups excluding carboxylic acids is 1. The van der Waals surface area contributed by atoms with E-state index in [9.17, 15) is 4.79 Å². The van der Waals surface area contributed by atoms with Crippen molar-refractivity contribution in [1.82, 2.24) is 0 Å². The second kappa shape index (κ2) is 7.41. The van der Waals surface area contributed by atoms with Gasteiger partial charge in [0.25, 0.3) is 0 Å². The fourth-order valence-electron chi connectivity index (χ4n) is 1.47. The van der Waals surface area contributed by atoms with E-state index in [0.29, 0.717) is 0 Å². The second-order valence-electron chi connectivity index (χ2n) is 4.38. The van der Waals surface area contributed by atoms with Crippen LogP contribution in [0.5, 0.6) is 11.5 Å². The number of ether oxygens (including phenoxy) is 2. The van der Waals surface area contributed by atoms with E-state index in [2.05, 4.69) is 0 Å². The first-order valence-corrected chi connectivity index (χ1v) is 6.19. The SMILES string of the molecule is COc1ccc(OC)c(/C=C/C=C/C(=O)C(C)C)c1. The molecule has 0 bridgehead atoms. The zero-order valence-corrected chi connectivity index (χ0v) is 11.8. The first-order chi connectivity index (χ1) is 9.08. The number of benzene rings is 1. The van der Waals surface area contributed by atoms with E-state index in [-0.39, 0.29) is 11.7 Å². The average Bonchev–Trinajstić information content (AvgIpc) is 2.42. The van der Waals surface area contributed by atoms with Crippen molar-refractivity contribution in [3.8, 4) is 11.5 Å². The Bertz CT molecular complexity index is 485. The average molecular weight is 260 g/mol. The van der Waals surface area contributed by atoms with Gasteiger partial charge < -0.3 is 9.47 Å². The van der Waals surface area contributed by atoms with Crippen LogP contribution in [0.3, 0.4) is 0 Å². The van der Waals surface area contributed by atoms with Crippen molar-refractivity contribution in [3.05, 3.63) is 42.0 Å². The maximum atomic E-state index is 11.4. The normalized spacial score (nSPS) is 11.4. The van der Waals surface area contributed by atoms with Crippen LogP contribution in [-0.4, -0.2) is 20.0 Å². The van der Waals surface area contributed by atoms with Gasteiger partial charge in [-0.3, -0.25) is 4.79 Å². The quantitative estimate of drug-likeness (QED) is 0.580. The highest BCUT2D eigenvalue weighted by molar-refractivity contribution is 5.91. The van der Waals surface area contributed by atoms with Crippen molar-refractivity contribution in [1.29, 1.82) is 0 Å². The molecule has 3 heteroatoms. The van der Waals surface area contributed by atoms with Crippen LogP contribution in [0.2, 0.25) is 0 Å². The summed E-state index contributed by atoms with van der Waals surface area (Å²) in [5, 5.41) is 0. The molecule has 102 valence electrons. The van der Waals surface area contributed by atoms with Crippen LogP contribution in [0.15, 0.2) is 36.4 Å². The number of ketones is 1. The Balaban J connectivity index is 2.83. The largest absolute Gasteiger partial charge is 0.497 e. The summed E-state index contributed by atoms with van der Waals surface area (Å²) in [6.45, 7) is 3.75. The van der Waals surface area contributed by atoms with Crippen LogP contribution in [0.4, 0.5) is 0 Å². The lowest BCUT2D eigenvalue weighted by molar-refractivity contribution is -0.117. The summed E-state index contributed by atoms with van der Waals surface area (Å²) in [5.74, 6) is 1.67. The Hall–Kier alpha value is -2.03. The van der Waals surface area contributed by atoms with E-state index < -0.39 is 0 Å². The number of hydrogen-bond donors (Lipinski definition) is 0. The predicted molar refractivity (Wildman–Crippen MR) is 77.6 cm³/mol. The molecule has 0 atom stereocenters. The molecular weight excluding hydrogens is 240 g/mol. The molecule has 0 saturated carbocycles. The van der Waals surface area contributed by atoms with Crippen molar-refractivity contribution < 1.29 is 14.3 Å². The predicted octanol–water partition coefficient (Wildman–Crippen LogP) is 3.50. The molecule has 0 aliphatic carbocycles. The maximum absolute atomic E-state index is 11.4. The molecule has 1 aromatic rings. The molecule has 1 rings (SSSR count). The van der Waals surface area contributed by atoms with E-state index in [4.69, 9.17) is 9.47 Å². The Kier molecular flexibility index (Phi) is 5.86. The van der Waals surface area contributed by atoms with Gasteiger partial charge in [-0.2, -0.15) is 0 Å². The minimum atomic E-state index is 0.0241. The van der Waals surface area contributed by atoms with Crippen LogP contribution < -0.4 is 9.47 Å². The topological polar surface area (TPSA) is 35.5 Å². The van der Waals surface area contributed by atoms with Gasteiger partial charge in [0.15, 0.2) is 5.78 Å². The molecule has 0 amide bonds. The molecular formula is C16H20O3. The minimum absolute atomic E-state index is 0.0241. The van der Waals surface area contributed by atoms with Gasteiger partial charge in [-0.15, -0.1) is 0 Å². The number of methoxy groups -OCH3 is 2. The van der Waals surface area contributed by atoms with Crippen LogP contribution in [-0.2, 0) is 4.79 Å². The summed E-state index contributed by atoms with van der Waals surface area (Å²) in [6.07, 6.45) is 7.01. The smallest absolute Gasteiger partial charge is 0.158 e. The van der Waals surface area contributed by atoms with Crippen LogP contribution >= 0.6 is 0 Å². The third-order valence-corrected chi connectivity index (χ3v) is 2.65. The Morgan fingerprint density at radius 1 is 1.16 bits per heavy atom. The molecule has 0 aliphatic rings. The van der Waals surface area contributed by atoms with E-state index in [1.807, 2.05) is 44.2 Å². The molecule has 0 fully saturated rings. The fourth-order valence-corrected chi connectivity index (χ4v) is 1.47. The molecule has 0 aliphatic heterocycles. The highest BCUT2D eigenvalue weighted by Gasteiger charge is 2.02. The number of carbonyl (C=O) groups is 1. The lowest BCUT2D eigenvalue weighted by atomic mass is 10.1. The highest BCUT2D eigenvalue weighted by Crippen LogP contribution is 2.25. The van der Waals surface area contributed by atoms with Gasteiger partial charge in [0.1, 0.15) is 11.5 Å². The first-order valence-electron chi connectivity index (χ1n) is 6.19. The molecule has 0 heterocycles.